The van der Waals surface area contributed by atoms with Crippen molar-refractivity contribution in [3.63, 3.8) is 0 Å². The predicted molar refractivity (Wildman–Crippen MR) is 63.6 cm³/mol. The Balaban J connectivity index is 1.79. The highest BCUT2D eigenvalue weighted by molar-refractivity contribution is 7.97. The average Bonchev–Trinajstić information content (AvgIpc) is 2.72. The summed E-state index contributed by atoms with van der Waals surface area (Å²) < 4.78 is 0. The molecule has 0 spiro atoms. The molecule has 2 aromatic rings. The quantitative estimate of drug-likeness (QED) is 0.782. The molecular formula is C11H11NS2. The van der Waals surface area contributed by atoms with Crippen molar-refractivity contribution >= 4 is 23.1 Å². The molecule has 1 heterocycles. The first-order chi connectivity index (χ1) is 6.95. The lowest BCUT2D eigenvalue weighted by atomic mass is 10.2. The topological polar surface area (TPSA) is 12.9 Å². The van der Waals surface area contributed by atoms with E-state index in [1.54, 1.807) is 11.3 Å². The Kier molecular flexibility index (Phi) is 3.60. The largest absolute Gasteiger partial charge is 0.249 e. The van der Waals surface area contributed by atoms with Crippen LogP contribution in [-0.4, -0.2) is 4.98 Å². The van der Waals surface area contributed by atoms with Gasteiger partial charge in [0, 0.05) is 16.9 Å². The van der Waals surface area contributed by atoms with Crippen LogP contribution >= 0.6 is 23.1 Å². The van der Waals surface area contributed by atoms with E-state index >= 15 is 0 Å². The molecule has 1 aromatic carbocycles. The van der Waals surface area contributed by atoms with Gasteiger partial charge in [0.05, 0.1) is 11.2 Å². The SMILES string of the molecule is c1ccc(CSCc2cscn2)cc1. The van der Waals surface area contributed by atoms with Crippen LogP contribution in [0.2, 0.25) is 0 Å². The normalized spacial score (nSPS) is 10.3. The van der Waals surface area contributed by atoms with Gasteiger partial charge in [0.2, 0.25) is 0 Å². The molecule has 0 atom stereocenters. The number of rotatable bonds is 4. The lowest BCUT2D eigenvalue weighted by Crippen LogP contribution is -1.82. The van der Waals surface area contributed by atoms with Gasteiger partial charge in [-0.3, -0.25) is 0 Å². The van der Waals surface area contributed by atoms with Gasteiger partial charge in [-0.25, -0.2) is 4.98 Å². The summed E-state index contributed by atoms with van der Waals surface area (Å²) in [5, 5.41) is 2.11. The van der Waals surface area contributed by atoms with E-state index in [4.69, 9.17) is 0 Å². The number of thioether (sulfide) groups is 1. The molecule has 0 radical (unpaired) electrons. The minimum atomic E-state index is 1.01. The van der Waals surface area contributed by atoms with Crippen LogP contribution in [0.3, 0.4) is 0 Å². The van der Waals surface area contributed by atoms with Crippen molar-refractivity contribution < 1.29 is 0 Å². The highest BCUT2D eigenvalue weighted by atomic mass is 32.2. The van der Waals surface area contributed by atoms with Crippen molar-refractivity contribution in [2.45, 2.75) is 11.5 Å². The van der Waals surface area contributed by atoms with Gasteiger partial charge in [0.1, 0.15) is 0 Å². The molecule has 3 heteroatoms. The van der Waals surface area contributed by atoms with Crippen LogP contribution in [0, 0.1) is 0 Å². The van der Waals surface area contributed by atoms with E-state index in [1.165, 1.54) is 11.3 Å². The molecule has 0 aliphatic heterocycles. The zero-order valence-electron chi connectivity index (χ0n) is 7.72. The second-order valence-electron chi connectivity index (χ2n) is 2.96. The molecule has 0 saturated heterocycles. The Morgan fingerprint density at radius 1 is 1.14 bits per heavy atom. The third-order valence-corrected chi connectivity index (χ3v) is 3.52. The monoisotopic (exact) mass is 221 g/mol. The van der Waals surface area contributed by atoms with Gasteiger partial charge in [-0.2, -0.15) is 11.8 Å². The van der Waals surface area contributed by atoms with Crippen LogP contribution in [0.5, 0.6) is 0 Å². The molecule has 0 N–H and O–H groups in total. The number of hydrogen-bond donors (Lipinski definition) is 0. The fourth-order valence-corrected chi connectivity index (χ4v) is 2.72. The minimum absolute atomic E-state index is 1.01. The molecule has 0 aliphatic carbocycles. The molecule has 1 aromatic heterocycles. The second kappa shape index (κ2) is 5.17. The molecule has 2 rings (SSSR count). The first kappa shape index (κ1) is 9.74. The second-order valence-corrected chi connectivity index (χ2v) is 4.66. The first-order valence-corrected chi connectivity index (χ1v) is 6.53. The lowest BCUT2D eigenvalue weighted by molar-refractivity contribution is 1.23. The molecule has 0 aliphatic rings. The Morgan fingerprint density at radius 3 is 2.71 bits per heavy atom. The van der Waals surface area contributed by atoms with Crippen molar-refractivity contribution in [2.24, 2.45) is 0 Å². The summed E-state index contributed by atoms with van der Waals surface area (Å²) in [7, 11) is 0. The zero-order valence-corrected chi connectivity index (χ0v) is 9.35. The van der Waals surface area contributed by atoms with Crippen LogP contribution in [0.1, 0.15) is 11.3 Å². The highest BCUT2D eigenvalue weighted by Crippen LogP contribution is 2.17. The van der Waals surface area contributed by atoms with Gasteiger partial charge in [-0.15, -0.1) is 11.3 Å². The Bertz CT molecular complexity index is 356. The van der Waals surface area contributed by atoms with Crippen LogP contribution in [0.4, 0.5) is 0 Å². The van der Waals surface area contributed by atoms with Crippen molar-refractivity contribution in [1.82, 2.24) is 4.98 Å². The molecule has 0 saturated carbocycles. The van der Waals surface area contributed by atoms with Crippen LogP contribution in [0.25, 0.3) is 0 Å². The van der Waals surface area contributed by atoms with Crippen molar-refractivity contribution in [2.75, 3.05) is 0 Å². The molecule has 0 amide bonds. The Hall–Kier alpha value is -0.800. The summed E-state index contributed by atoms with van der Waals surface area (Å²) in [4.78, 5) is 4.25. The van der Waals surface area contributed by atoms with Gasteiger partial charge in [-0.1, -0.05) is 30.3 Å². The average molecular weight is 221 g/mol. The third-order valence-electron chi connectivity index (χ3n) is 1.84. The maximum atomic E-state index is 4.25. The summed E-state index contributed by atoms with van der Waals surface area (Å²) >= 11 is 3.57. The van der Waals surface area contributed by atoms with Gasteiger partial charge >= 0.3 is 0 Å². The van der Waals surface area contributed by atoms with E-state index < -0.39 is 0 Å². The zero-order chi connectivity index (χ0) is 9.64. The maximum Gasteiger partial charge on any atom is 0.0795 e. The number of aromatic nitrogens is 1. The smallest absolute Gasteiger partial charge is 0.0795 e. The minimum Gasteiger partial charge on any atom is -0.249 e. The standard InChI is InChI=1S/C11H11NS2/c1-2-4-10(5-3-1)6-13-7-11-8-14-9-12-11/h1-5,8-9H,6-7H2. The molecular weight excluding hydrogens is 210 g/mol. The van der Waals surface area contributed by atoms with E-state index in [-0.39, 0.29) is 0 Å². The Labute approximate surface area is 92.2 Å². The lowest BCUT2D eigenvalue weighted by Gasteiger charge is -1.99. The molecule has 0 fully saturated rings. The maximum absolute atomic E-state index is 4.25. The van der Waals surface area contributed by atoms with Crippen LogP contribution in [-0.2, 0) is 11.5 Å². The molecule has 1 nitrogen and oxygen atoms in total. The fourth-order valence-electron chi connectivity index (χ4n) is 1.16. The van der Waals surface area contributed by atoms with Crippen molar-refractivity contribution in [1.29, 1.82) is 0 Å². The predicted octanol–water partition coefficient (Wildman–Crippen LogP) is 3.58. The van der Waals surface area contributed by atoms with Crippen LogP contribution < -0.4 is 0 Å². The van der Waals surface area contributed by atoms with Crippen molar-refractivity contribution in [3.8, 4) is 0 Å². The third kappa shape index (κ3) is 2.86. The van der Waals surface area contributed by atoms with Gasteiger partial charge in [0.15, 0.2) is 0 Å². The fraction of sp³-hybridized carbons (Fsp3) is 0.182. The van der Waals surface area contributed by atoms with E-state index in [0.29, 0.717) is 0 Å². The molecule has 0 unspecified atom stereocenters. The van der Waals surface area contributed by atoms with Crippen LogP contribution in [0.15, 0.2) is 41.2 Å². The molecule has 0 bridgehead atoms. The number of benzene rings is 1. The number of thiazole rings is 1. The highest BCUT2D eigenvalue weighted by Gasteiger charge is 1.96. The van der Waals surface area contributed by atoms with Gasteiger partial charge in [0.25, 0.3) is 0 Å². The first-order valence-electron chi connectivity index (χ1n) is 4.44. The molecule has 72 valence electrons. The summed E-state index contributed by atoms with van der Waals surface area (Å²) in [6.45, 7) is 0. The van der Waals surface area contributed by atoms with Gasteiger partial charge in [-0.05, 0) is 5.56 Å². The Morgan fingerprint density at radius 2 is 2.00 bits per heavy atom. The summed E-state index contributed by atoms with van der Waals surface area (Å²) in [6, 6.07) is 10.5. The summed E-state index contributed by atoms with van der Waals surface area (Å²) in [6.07, 6.45) is 0. The summed E-state index contributed by atoms with van der Waals surface area (Å²) in [5.74, 6) is 2.08. The molecule has 14 heavy (non-hydrogen) atoms. The van der Waals surface area contributed by atoms with E-state index in [1.807, 2.05) is 17.3 Å². The van der Waals surface area contributed by atoms with Crippen molar-refractivity contribution in [3.05, 3.63) is 52.5 Å². The van der Waals surface area contributed by atoms with Gasteiger partial charge < -0.3 is 0 Å². The number of nitrogens with zero attached hydrogens (tertiary/aromatic N) is 1. The van der Waals surface area contributed by atoms with E-state index in [0.717, 1.165) is 11.5 Å². The van der Waals surface area contributed by atoms with E-state index in [9.17, 15) is 0 Å². The summed E-state index contributed by atoms with van der Waals surface area (Å²) in [5.41, 5.74) is 4.46. The number of hydrogen-bond acceptors (Lipinski definition) is 3. The van der Waals surface area contributed by atoms with E-state index in [2.05, 4.69) is 40.7 Å².